The van der Waals surface area contributed by atoms with Crippen LogP contribution in [0.5, 0.6) is 0 Å². The Balaban J connectivity index is 2.01. The number of nitrogens with one attached hydrogen (secondary N) is 1. The van der Waals surface area contributed by atoms with E-state index in [9.17, 15) is 0 Å². The molecule has 2 heterocycles. The molecule has 0 unspecified atom stereocenters. The van der Waals surface area contributed by atoms with Crippen LogP contribution in [0.3, 0.4) is 0 Å². The van der Waals surface area contributed by atoms with E-state index >= 15 is 0 Å². The van der Waals surface area contributed by atoms with Gasteiger partial charge in [0.15, 0.2) is 0 Å². The van der Waals surface area contributed by atoms with Gasteiger partial charge in [0.05, 0.1) is 13.2 Å². The van der Waals surface area contributed by atoms with E-state index in [4.69, 9.17) is 16.3 Å². The number of anilines is 1. The lowest BCUT2D eigenvalue weighted by molar-refractivity contribution is 0.149. The number of hydrogen-bond acceptors (Lipinski definition) is 5. The van der Waals surface area contributed by atoms with Crippen molar-refractivity contribution >= 4 is 23.2 Å². The second-order valence-corrected chi connectivity index (χ2v) is 4.32. The molecule has 0 bridgehead atoms. The Morgan fingerprint density at radius 2 is 2.37 bits per heavy atom. The molecule has 2 aromatic heterocycles. The van der Waals surface area contributed by atoms with Crippen LogP contribution in [0.2, 0.25) is 5.15 Å². The summed E-state index contributed by atoms with van der Waals surface area (Å²) in [6.07, 6.45) is 4.14. The molecule has 6 nitrogen and oxygen atoms in total. The molecule has 19 heavy (non-hydrogen) atoms. The van der Waals surface area contributed by atoms with Gasteiger partial charge in [0.2, 0.25) is 0 Å². The van der Waals surface area contributed by atoms with E-state index in [0.29, 0.717) is 30.7 Å². The molecule has 0 aromatic carbocycles. The number of fused-ring (bicyclic) bond motifs is 1. The van der Waals surface area contributed by atoms with Gasteiger partial charge < -0.3 is 10.1 Å². The van der Waals surface area contributed by atoms with E-state index < -0.39 is 0 Å². The van der Waals surface area contributed by atoms with Gasteiger partial charge >= 0.3 is 0 Å². The van der Waals surface area contributed by atoms with Gasteiger partial charge in [-0.2, -0.15) is 19.6 Å². The molecule has 2 rings (SSSR count). The third-order valence-electron chi connectivity index (χ3n) is 2.61. The molecule has 0 aliphatic rings. The zero-order valence-corrected chi connectivity index (χ0v) is 11.5. The number of hydrogen-bond donors (Lipinski definition) is 1. The monoisotopic (exact) mass is 281 g/mol. The molecule has 0 aliphatic heterocycles. The van der Waals surface area contributed by atoms with Crippen LogP contribution in [0.4, 0.5) is 5.82 Å². The highest BCUT2D eigenvalue weighted by Crippen LogP contribution is 2.21. The fraction of sp³-hybridized carbons (Fsp3) is 0.417. The van der Waals surface area contributed by atoms with Crippen LogP contribution in [0, 0.1) is 6.92 Å². The molecule has 2 aromatic rings. The molecule has 0 atom stereocenters. The topological polar surface area (TPSA) is 64.3 Å². The first-order valence-corrected chi connectivity index (χ1v) is 6.40. The highest BCUT2D eigenvalue weighted by molar-refractivity contribution is 6.30. The molecule has 0 aliphatic carbocycles. The number of halogens is 1. The van der Waals surface area contributed by atoms with Crippen molar-refractivity contribution in [3.63, 3.8) is 0 Å². The van der Waals surface area contributed by atoms with Crippen LogP contribution in [-0.2, 0) is 4.74 Å². The second-order valence-electron chi connectivity index (χ2n) is 3.96. The van der Waals surface area contributed by atoms with Crippen molar-refractivity contribution in [1.29, 1.82) is 0 Å². The molecule has 0 spiro atoms. The van der Waals surface area contributed by atoms with E-state index in [1.165, 1.54) is 6.33 Å². The first-order chi connectivity index (χ1) is 9.24. The molecule has 102 valence electrons. The van der Waals surface area contributed by atoms with Crippen molar-refractivity contribution in [3.05, 3.63) is 29.7 Å². The fourth-order valence-corrected chi connectivity index (χ4v) is 1.78. The molecular formula is C12H16ClN5O. The lowest BCUT2D eigenvalue weighted by Crippen LogP contribution is -2.14. The Morgan fingerprint density at radius 3 is 3.16 bits per heavy atom. The molecule has 7 heteroatoms. The van der Waals surface area contributed by atoms with Crippen molar-refractivity contribution in [2.45, 2.75) is 13.3 Å². The summed E-state index contributed by atoms with van der Waals surface area (Å²) in [6, 6.07) is 0. The number of rotatable bonds is 7. The van der Waals surface area contributed by atoms with Gasteiger partial charge in [-0.25, -0.2) is 0 Å². The largest absolute Gasteiger partial charge is 0.379 e. The normalized spacial score (nSPS) is 10.8. The van der Waals surface area contributed by atoms with Crippen LogP contribution in [0.15, 0.2) is 19.0 Å². The maximum Gasteiger partial charge on any atom is 0.255 e. The Bertz CT molecular complexity index is 568. The van der Waals surface area contributed by atoms with Crippen LogP contribution >= 0.6 is 11.6 Å². The minimum Gasteiger partial charge on any atom is -0.379 e. The molecule has 0 saturated heterocycles. The second kappa shape index (κ2) is 6.49. The predicted molar refractivity (Wildman–Crippen MR) is 74.7 cm³/mol. The highest BCUT2D eigenvalue weighted by atomic mass is 35.5. The molecule has 0 amide bonds. The van der Waals surface area contributed by atoms with Crippen molar-refractivity contribution in [2.75, 3.05) is 25.1 Å². The average Bonchev–Trinajstić information content (AvgIpc) is 2.85. The standard InChI is InChI=1S/C12H16ClN5O/c1-3-4-6-19-7-5-14-11-9(2)10(13)17-12-15-8-16-18(11)12/h3,8,14H,1,4-7H2,2H3. The van der Waals surface area contributed by atoms with Crippen LogP contribution in [0.25, 0.3) is 5.78 Å². The maximum absolute atomic E-state index is 6.06. The third-order valence-corrected chi connectivity index (χ3v) is 2.98. The highest BCUT2D eigenvalue weighted by Gasteiger charge is 2.11. The van der Waals surface area contributed by atoms with Crippen molar-refractivity contribution in [1.82, 2.24) is 19.6 Å². The minimum absolute atomic E-state index is 0.426. The van der Waals surface area contributed by atoms with Crippen molar-refractivity contribution in [2.24, 2.45) is 0 Å². The SMILES string of the molecule is C=CCCOCCNc1c(C)c(Cl)nc2ncnn12. The molecule has 1 N–H and O–H groups in total. The van der Waals surface area contributed by atoms with Crippen molar-refractivity contribution < 1.29 is 4.74 Å². The molecule has 0 radical (unpaired) electrons. The van der Waals surface area contributed by atoms with Crippen molar-refractivity contribution in [3.8, 4) is 0 Å². The van der Waals surface area contributed by atoms with Gasteiger partial charge in [0.1, 0.15) is 17.3 Å². The van der Waals surface area contributed by atoms with Gasteiger partial charge in [-0.15, -0.1) is 6.58 Å². The zero-order valence-electron chi connectivity index (χ0n) is 10.8. The van der Waals surface area contributed by atoms with Gasteiger partial charge in [0, 0.05) is 12.1 Å². The van der Waals surface area contributed by atoms with Gasteiger partial charge in [-0.3, -0.25) is 0 Å². The van der Waals surface area contributed by atoms with Crippen LogP contribution < -0.4 is 5.32 Å². The summed E-state index contributed by atoms with van der Waals surface area (Å²) in [5.74, 6) is 1.27. The minimum atomic E-state index is 0.426. The smallest absolute Gasteiger partial charge is 0.255 e. The summed E-state index contributed by atoms with van der Waals surface area (Å²) in [6.45, 7) is 7.47. The average molecular weight is 282 g/mol. The quantitative estimate of drug-likeness (QED) is 0.478. The van der Waals surface area contributed by atoms with Gasteiger partial charge in [-0.05, 0) is 13.3 Å². The Labute approximate surface area is 116 Å². The molecule has 0 fully saturated rings. The van der Waals surface area contributed by atoms with Gasteiger partial charge in [0.25, 0.3) is 5.78 Å². The lowest BCUT2D eigenvalue weighted by atomic mass is 10.3. The summed E-state index contributed by atoms with van der Waals surface area (Å²) in [4.78, 5) is 8.16. The summed E-state index contributed by atoms with van der Waals surface area (Å²) in [5.41, 5.74) is 0.839. The predicted octanol–water partition coefficient (Wildman–Crippen LogP) is 2.09. The van der Waals surface area contributed by atoms with E-state index in [2.05, 4.69) is 27.0 Å². The molecule has 0 saturated carbocycles. The van der Waals surface area contributed by atoms with Gasteiger partial charge in [-0.1, -0.05) is 17.7 Å². The van der Waals surface area contributed by atoms with E-state index in [1.807, 2.05) is 13.0 Å². The maximum atomic E-state index is 6.06. The zero-order chi connectivity index (χ0) is 13.7. The number of nitrogens with zero attached hydrogens (tertiary/aromatic N) is 4. The van der Waals surface area contributed by atoms with E-state index in [0.717, 1.165) is 17.8 Å². The van der Waals surface area contributed by atoms with Crippen LogP contribution in [-0.4, -0.2) is 39.3 Å². The summed E-state index contributed by atoms with van der Waals surface area (Å²) < 4.78 is 7.06. The third kappa shape index (κ3) is 3.21. The fourth-order valence-electron chi connectivity index (χ4n) is 1.62. The van der Waals surface area contributed by atoms with Crippen LogP contribution in [0.1, 0.15) is 12.0 Å². The Kier molecular flexibility index (Phi) is 4.70. The Morgan fingerprint density at radius 1 is 1.53 bits per heavy atom. The Hall–Kier alpha value is -1.66. The summed E-state index contributed by atoms with van der Waals surface area (Å²) in [7, 11) is 0. The first-order valence-electron chi connectivity index (χ1n) is 6.02. The summed E-state index contributed by atoms with van der Waals surface area (Å²) in [5, 5.41) is 7.79. The first kappa shape index (κ1) is 13.8. The van der Waals surface area contributed by atoms with E-state index in [-0.39, 0.29) is 0 Å². The van der Waals surface area contributed by atoms with E-state index in [1.54, 1.807) is 4.52 Å². The number of ether oxygens (including phenoxy) is 1. The summed E-state index contributed by atoms with van der Waals surface area (Å²) >= 11 is 6.06. The molecular weight excluding hydrogens is 266 g/mol. The number of aromatic nitrogens is 4. The lowest BCUT2D eigenvalue weighted by Gasteiger charge is -2.11.